The molecule has 0 unspecified atom stereocenters. The van der Waals surface area contributed by atoms with Gasteiger partial charge in [0.15, 0.2) is 10.8 Å². The van der Waals surface area contributed by atoms with Gasteiger partial charge in [0.25, 0.3) is 0 Å². The van der Waals surface area contributed by atoms with Gasteiger partial charge in [-0.1, -0.05) is 41.3 Å². The van der Waals surface area contributed by atoms with Gasteiger partial charge in [-0.2, -0.15) is 0 Å². The van der Waals surface area contributed by atoms with Gasteiger partial charge in [0.2, 0.25) is 5.91 Å². The highest BCUT2D eigenvalue weighted by Gasteiger charge is 2.20. The Morgan fingerprint density at radius 2 is 2.05 bits per heavy atom. The zero-order chi connectivity index (χ0) is 15.2. The maximum atomic E-state index is 12.0. The summed E-state index contributed by atoms with van der Waals surface area (Å²) in [6.07, 6.45) is 0. The minimum atomic E-state index is -0.483. The van der Waals surface area contributed by atoms with Crippen LogP contribution in [-0.4, -0.2) is 23.5 Å². The summed E-state index contributed by atoms with van der Waals surface area (Å²) in [6, 6.07) is 9.64. The summed E-state index contributed by atoms with van der Waals surface area (Å²) in [5, 5.41) is 2.99. The largest absolute Gasteiger partial charge is 0.461 e. The molecule has 2 aromatic rings. The minimum Gasteiger partial charge on any atom is -0.461 e. The third-order valence-electron chi connectivity index (χ3n) is 2.30. The molecule has 1 heterocycles. The summed E-state index contributed by atoms with van der Waals surface area (Å²) in [5.41, 5.74) is 0.236. The number of rotatable bonds is 5. The van der Waals surface area contributed by atoms with Gasteiger partial charge in [-0.15, -0.1) is 0 Å². The Kier molecular flexibility index (Phi) is 5.35. The highest BCUT2D eigenvalue weighted by atomic mass is 32.2. The number of carbonyl (C=O) groups excluding carboxylic acids is 2. The zero-order valence-electron chi connectivity index (χ0n) is 11.6. The first kappa shape index (κ1) is 15.5. The molecule has 1 N–H and O–H groups in total. The van der Waals surface area contributed by atoms with Gasteiger partial charge >= 0.3 is 5.97 Å². The van der Waals surface area contributed by atoms with Crippen LogP contribution in [-0.2, 0) is 9.53 Å². The van der Waals surface area contributed by atoms with E-state index in [-0.39, 0.29) is 18.2 Å². The maximum Gasteiger partial charge on any atom is 0.359 e. The fourth-order valence-electron chi connectivity index (χ4n) is 1.50. The van der Waals surface area contributed by atoms with E-state index in [0.717, 1.165) is 4.90 Å². The molecule has 0 fully saturated rings. The number of hydrogen-bond acceptors (Lipinski definition) is 6. The smallest absolute Gasteiger partial charge is 0.359 e. The molecule has 110 valence electrons. The standard InChI is InChI=1S/C14H14N2O3S2/c1-3-19-12(18)11-13(20-10-7-5-4-6-8-10)21-14(16-11)15-9(2)17/h4-8H,3H2,1-2H3,(H,15,16,17). The van der Waals surface area contributed by atoms with Crippen LogP contribution in [0.5, 0.6) is 0 Å². The van der Waals surface area contributed by atoms with Crippen LogP contribution in [0.15, 0.2) is 39.4 Å². The van der Waals surface area contributed by atoms with Crippen LogP contribution in [0.4, 0.5) is 5.13 Å². The number of nitrogens with zero attached hydrogens (tertiary/aromatic N) is 1. The molecule has 0 aliphatic rings. The van der Waals surface area contributed by atoms with Crippen molar-refractivity contribution >= 4 is 40.1 Å². The Hall–Kier alpha value is -1.86. The van der Waals surface area contributed by atoms with Gasteiger partial charge in [0, 0.05) is 11.8 Å². The molecule has 0 saturated carbocycles. The van der Waals surface area contributed by atoms with E-state index in [1.807, 2.05) is 30.3 Å². The van der Waals surface area contributed by atoms with Gasteiger partial charge in [0.05, 0.1) is 6.61 Å². The molecule has 0 aliphatic heterocycles. The van der Waals surface area contributed by atoms with Gasteiger partial charge in [-0.25, -0.2) is 9.78 Å². The van der Waals surface area contributed by atoms with Crippen LogP contribution < -0.4 is 5.32 Å². The average molecular weight is 322 g/mol. The number of ether oxygens (including phenoxy) is 1. The van der Waals surface area contributed by atoms with E-state index in [2.05, 4.69) is 10.3 Å². The van der Waals surface area contributed by atoms with Crippen LogP contribution in [0.3, 0.4) is 0 Å². The number of amides is 1. The molecule has 1 amide bonds. The number of benzene rings is 1. The number of esters is 1. The molecule has 0 atom stereocenters. The molecule has 0 saturated heterocycles. The first-order valence-corrected chi connectivity index (χ1v) is 7.92. The summed E-state index contributed by atoms with van der Waals surface area (Å²) in [7, 11) is 0. The van der Waals surface area contributed by atoms with Gasteiger partial charge in [0.1, 0.15) is 4.21 Å². The number of thiazole rings is 1. The topological polar surface area (TPSA) is 68.3 Å². The molecule has 1 aromatic carbocycles. The summed E-state index contributed by atoms with van der Waals surface area (Å²) < 4.78 is 5.70. The number of anilines is 1. The number of nitrogens with one attached hydrogen (secondary N) is 1. The molecule has 5 nitrogen and oxygen atoms in total. The van der Waals surface area contributed by atoms with Crippen molar-refractivity contribution in [3.05, 3.63) is 36.0 Å². The quantitative estimate of drug-likeness (QED) is 0.854. The molecule has 0 radical (unpaired) electrons. The monoisotopic (exact) mass is 322 g/mol. The third kappa shape index (κ3) is 4.30. The average Bonchev–Trinajstić information content (AvgIpc) is 2.82. The lowest BCUT2D eigenvalue weighted by Crippen LogP contribution is -2.08. The van der Waals surface area contributed by atoms with Crippen molar-refractivity contribution in [3.8, 4) is 0 Å². The minimum absolute atomic E-state index is 0.226. The van der Waals surface area contributed by atoms with E-state index in [0.29, 0.717) is 9.34 Å². The molecular weight excluding hydrogens is 308 g/mol. The highest BCUT2D eigenvalue weighted by Crippen LogP contribution is 2.37. The fraction of sp³-hybridized carbons (Fsp3) is 0.214. The SMILES string of the molecule is CCOC(=O)c1nc(NC(C)=O)sc1Sc1ccccc1. The van der Waals surface area contributed by atoms with Crippen molar-refractivity contribution in [2.45, 2.75) is 23.0 Å². The second-order valence-corrected chi connectivity index (χ2v) is 6.31. The van der Waals surface area contributed by atoms with Crippen LogP contribution in [0, 0.1) is 0 Å². The van der Waals surface area contributed by atoms with Crippen LogP contribution >= 0.6 is 23.1 Å². The Morgan fingerprint density at radius 1 is 1.33 bits per heavy atom. The predicted octanol–water partition coefficient (Wildman–Crippen LogP) is 3.43. The number of aromatic nitrogens is 1. The fourth-order valence-corrected chi connectivity index (χ4v) is 3.66. The van der Waals surface area contributed by atoms with E-state index in [9.17, 15) is 9.59 Å². The van der Waals surface area contributed by atoms with E-state index in [1.54, 1.807) is 6.92 Å². The van der Waals surface area contributed by atoms with Gasteiger partial charge in [-0.05, 0) is 19.1 Å². The van der Waals surface area contributed by atoms with E-state index in [4.69, 9.17) is 4.74 Å². The summed E-state index contributed by atoms with van der Waals surface area (Å²) in [5.74, 6) is -0.709. The van der Waals surface area contributed by atoms with Crippen LogP contribution in [0.1, 0.15) is 24.3 Å². The summed E-state index contributed by atoms with van der Waals surface area (Å²) in [6.45, 7) is 3.42. The first-order valence-electron chi connectivity index (χ1n) is 6.28. The Morgan fingerprint density at radius 3 is 2.67 bits per heavy atom. The van der Waals surface area contributed by atoms with Crippen molar-refractivity contribution in [1.82, 2.24) is 4.98 Å². The van der Waals surface area contributed by atoms with E-state index in [1.165, 1.54) is 30.0 Å². The second-order valence-electron chi connectivity index (χ2n) is 3.97. The molecule has 0 bridgehead atoms. The van der Waals surface area contributed by atoms with Crippen LogP contribution in [0.25, 0.3) is 0 Å². The van der Waals surface area contributed by atoms with Crippen LogP contribution in [0.2, 0.25) is 0 Å². The second kappa shape index (κ2) is 7.24. The molecule has 7 heteroatoms. The number of hydrogen-bond donors (Lipinski definition) is 1. The van der Waals surface area contributed by atoms with Crippen molar-refractivity contribution < 1.29 is 14.3 Å². The summed E-state index contributed by atoms with van der Waals surface area (Å²) in [4.78, 5) is 28.2. The van der Waals surface area contributed by atoms with E-state index >= 15 is 0 Å². The Bertz CT molecular complexity index is 641. The molecule has 0 spiro atoms. The zero-order valence-corrected chi connectivity index (χ0v) is 13.2. The molecule has 21 heavy (non-hydrogen) atoms. The lowest BCUT2D eigenvalue weighted by atomic mass is 10.4. The lowest BCUT2D eigenvalue weighted by Gasteiger charge is -2.01. The molecular formula is C14H14N2O3S2. The normalized spacial score (nSPS) is 10.2. The number of carbonyl (C=O) groups is 2. The predicted molar refractivity (Wildman–Crippen MR) is 82.9 cm³/mol. The Labute approximate surface area is 130 Å². The highest BCUT2D eigenvalue weighted by molar-refractivity contribution is 8.01. The van der Waals surface area contributed by atoms with Crippen molar-refractivity contribution in [2.75, 3.05) is 11.9 Å². The Balaban J connectivity index is 2.30. The van der Waals surface area contributed by atoms with Crippen molar-refractivity contribution in [3.63, 3.8) is 0 Å². The van der Waals surface area contributed by atoms with E-state index < -0.39 is 5.97 Å². The lowest BCUT2D eigenvalue weighted by molar-refractivity contribution is -0.114. The summed E-state index contributed by atoms with van der Waals surface area (Å²) >= 11 is 2.68. The molecule has 0 aliphatic carbocycles. The van der Waals surface area contributed by atoms with Gasteiger partial charge < -0.3 is 10.1 Å². The van der Waals surface area contributed by atoms with Crippen molar-refractivity contribution in [1.29, 1.82) is 0 Å². The third-order valence-corrected chi connectivity index (χ3v) is 4.45. The van der Waals surface area contributed by atoms with Crippen molar-refractivity contribution in [2.24, 2.45) is 0 Å². The maximum absolute atomic E-state index is 12.0. The first-order chi connectivity index (χ1) is 10.1. The molecule has 2 rings (SSSR count). The molecule has 1 aromatic heterocycles. The van der Waals surface area contributed by atoms with Gasteiger partial charge in [-0.3, -0.25) is 4.79 Å².